The van der Waals surface area contributed by atoms with Crippen LogP contribution in [0.3, 0.4) is 0 Å². The van der Waals surface area contributed by atoms with Crippen molar-refractivity contribution in [3.8, 4) is 5.75 Å². The van der Waals surface area contributed by atoms with Crippen molar-refractivity contribution in [2.45, 2.75) is 12.8 Å². The first-order valence-corrected chi connectivity index (χ1v) is 9.69. The Morgan fingerprint density at radius 2 is 1.71 bits per heavy atom. The fraction of sp³-hybridized carbons (Fsp3) is 0.650. The van der Waals surface area contributed by atoms with Crippen LogP contribution in [0.2, 0.25) is 0 Å². The van der Waals surface area contributed by atoms with Gasteiger partial charge in [0.2, 0.25) is 0 Å². The van der Waals surface area contributed by atoms with E-state index in [2.05, 4.69) is 32.2 Å². The number of hydrogen-bond donors (Lipinski definition) is 1. The first kappa shape index (κ1) is 24.8. The summed E-state index contributed by atoms with van der Waals surface area (Å²) in [6.07, 6.45) is 2.11. The van der Waals surface area contributed by atoms with E-state index in [0.29, 0.717) is 13.2 Å². The fourth-order valence-electron chi connectivity index (χ4n) is 3.08. The normalized spacial score (nSPS) is 14.6. The van der Waals surface area contributed by atoms with Gasteiger partial charge in [-0.3, -0.25) is 4.99 Å². The first-order chi connectivity index (χ1) is 13.3. The molecule has 8 heteroatoms. The quantitative estimate of drug-likeness (QED) is 0.228. The van der Waals surface area contributed by atoms with Gasteiger partial charge in [-0.25, -0.2) is 0 Å². The molecule has 0 aromatic heterocycles. The second-order valence-electron chi connectivity index (χ2n) is 6.46. The SMILES string of the molecule is CN=C(NCCCCOCCOC)N1CCN(c2ccc(OC)cc2)CC1.I. The lowest BCUT2D eigenvalue weighted by Crippen LogP contribution is -2.52. The lowest BCUT2D eigenvalue weighted by atomic mass is 10.2. The Balaban J connectivity index is 0.00000392. The predicted octanol–water partition coefficient (Wildman–Crippen LogP) is 2.45. The zero-order chi connectivity index (χ0) is 19.3. The van der Waals surface area contributed by atoms with E-state index in [0.717, 1.165) is 63.9 Å². The van der Waals surface area contributed by atoms with Crippen LogP contribution in [0.1, 0.15) is 12.8 Å². The minimum Gasteiger partial charge on any atom is -0.497 e. The number of benzene rings is 1. The van der Waals surface area contributed by atoms with Crippen molar-refractivity contribution in [2.24, 2.45) is 4.99 Å². The highest BCUT2D eigenvalue weighted by Crippen LogP contribution is 2.20. The van der Waals surface area contributed by atoms with E-state index < -0.39 is 0 Å². The van der Waals surface area contributed by atoms with Crippen molar-refractivity contribution in [3.05, 3.63) is 24.3 Å². The molecule has 2 rings (SSSR count). The van der Waals surface area contributed by atoms with Crippen LogP contribution in [0, 0.1) is 0 Å². The van der Waals surface area contributed by atoms with Gasteiger partial charge in [0.1, 0.15) is 5.75 Å². The van der Waals surface area contributed by atoms with E-state index in [9.17, 15) is 0 Å². The third kappa shape index (κ3) is 8.40. The summed E-state index contributed by atoms with van der Waals surface area (Å²) >= 11 is 0. The second-order valence-corrected chi connectivity index (χ2v) is 6.46. The second kappa shape index (κ2) is 14.7. The molecule has 1 aromatic carbocycles. The minimum absolute atomic E-state index is 0. The maximum absolute atomic E-state index is 5.49. The van der Waals surface area contributed by atoms with E-state index in [1.807, 2.05) is 19.2 Å². The summed E-state index contributed by atoms with van der Waals surface area (Å²) in [6.45, 7) is 6.93. The molecule has 0 unspecified atom stereocenters. The largest absolute Gasteiger partial charge is 0.497 e. The third-order valence-corrected chi connectivity index (χ3v) is 4.66. The summed E-state index contributed by atoms with van der Waals surface area (Å²) in [5.74, 6) is 1.88. The van der Waals surface area contributed by atoms with Crippen LogP contribution in [0.4, 0.5) is 5.69 Å². The zero-order valence-electron chi connectivity index (χ0n) is 17.4. The zero-order valence-corrected chi connectivity index (χ0v) is 19.7. The van der Waals surface area contributed by atoms with Gasteiger partial charge in [0.05, 0.1) is 20.3 Å². The molecule has 0 saturated carbocycles. The van der Waals surface area contributed by atoms with Crippen LogP contribution < -0.4 is 15.0 Å². The maximum Gasteiger partial charge on any atom is 0.193 e. The Labute approximate surface area is 186 Å². The van der Waals surface area contributed by atoms with Crippen molar-refractivity contribution >= 4 is 35.6 Å². The molecular weight excluding hydrogens is 471 g/mol. The van der Waals surface area contributed by atoms with E-state index in [4.69, 9.17) is 14.2 Å². The van der Waals surface area contributed by atoms with Gasteiger partial charge in [0.15, 0.2) is 5.96 Å². The fourth-order valence-corrected chi connectivity index (χ4v) is 3.08. The number of unbranched alkanes of at least 4 members (excludes halogenated alkanes) is 1. The Bertz CT molecular complexity index is 549. The molecule has 1 fully saturated rings. The van der Waals surface area contributed by atoms with Crippen molar-refractivity contribution in [3.63, 3.8) is 0 Å². The van der Waals surface area contributed by atoms with Crippen molar-refractivity contribution in [1.82, 2.24) is 10.2 Å². The first-order valence-electron chi connectivity index (χ1n) is 9.69. The molecule has 160 valence electrons. The van der Waals surface area contributed by atoms with Gasteiger partial charge >= 0.3 is 0 Å². The number of anilines is 1. The number of guanidine groups is 1. The highest BCUT2D eigenvalue weighted by molar-refractivity contribution is 14.0. The lowest BCUT2D eigenvalue weighted by molar-refractivity contribution is 0.0689. The Morgan fingerprint density at radius 3 is 2.32 bits per heavy atom. The molecule has 0 amide bonds. The Kier molecular flexibility index (Phi) is 13.0. The Morgan fingerprint density at radius 1 is 1.00 bits per heavy atom. The van der Waals surface area contributed by atoms with Gasteiger partial charge in [-0.05, 0) is 37.1 Å². The van der Waals surface area contributed by atoms with Gasteiger partial charge in [0, 0.05) is 59.2 Å². The average Bonchev–Trinajstić information content (AvgIpc) is 2.73. The van der Waals surface area contributed by atoms with Gasteiger partial charge in [-0.15, -0.1) is 24.0 Å². The van der Waals surface area contributed by atoms with Crippen LogP contribution in [0.5, 0.6) is 5.75 Å². The molecule has 0 aliphatic carbocycles. The molecule has 1 aliphatic heterocycles. The van der Waals surface area contributed by atoms with Crippen molar-refractivity contribution in [1.29, 1.82) is 0 Å². The molecule has 1 N–H and O–H groups in total. The number of methoxy groups -OCH3 is 2. The van der Waals surface area contributed by atoms with Crippen LogP contribution in [0.15, 0.2) is 29.3 Å². The number of rotatable bonds is 10. The predicted molar refractivity (Wildman–Crippen MR) is 125 cm³/mol. The maximum atomic E-state index is 5.49. The summed E-state index contributed by atoms with van der Waals surface area (Å²) in [6, 6.07) is 8.27. The number of nitrogens with one attached hydrogen (secondary N) is 1. The number of ether oxygens (including phenoxy) is 3. The number of halogens is 1. The molecule has 1 aromatic rings. The molecule has 7 nitrogen and oxygen atoms in total. The molecule has 0 atom stereocenters. The van der Waals surface area contributed by atoms with Gasteiger partial charge in [-0.2, -0.15) is 0 Å². The molecule has 1 aliphatic rings. The summed E-state index contributed by atoms with van der Waals surface area (Å²) in [4.78, 5) is 9.17. The van der Waals surface area contributed by atoms with Gasteiger partial charge < -0.3 is 29.3 Å². The van der Waals surface area contributed by atoms with Crippen molar-refractivity contribution < 1.29 is 14.2 Å². The monoisotopic (exact) mass is 506 g/mol. The van der Waals surface area contributed by atoms with E-state index >= 15 is 0 Å². The van der Waals surface area contributed by atoms with E-state index in [1.54, 1.807) is 14.2 Å². The Hall–Kier alpha value is -1.26. The third-order valence-electron chi connectivity index (χ3n) is 4.66. The van der Waals surface area contributed by atoms with E-state index in [-0.39, 0.29) is 24.0 Å². The number of piperazine rings is 1. The van der Waals surface area contributed by atoms with Gasteiger partial charge in [0.25, 0.3) is 0 Å². The molecule has 0 radical (unpaired) electrons. The number of hydrogen-bond acceptors (Lipinski definition) is 5. The van der Waals surface area contributed by atoms with E-state index in [1.165, 1.54) is 5.69 Å². The average molecular weight is 506 g/mol. The van der Waals surface area contributed by atoms with Crippen LogP contribution in [-0.4, -0.2) is 84.7 Å². The summed E-state index contributed by atoms with van der Waals surface area (Å²) < 4.78 is 15.7. The highest BCUT2D eigenvalue weighted by Gasteiger charge is 2.19. The molecule has 0 bridgehead atoms. The van der Waals surface area contributed by atoms with Crippen molar-refractivity contribution in [2.75, 3.05) is 78.7 Å². The van der Waals surface area contributed by atoms with Crippen LogP contribution >= 0.6 is 24.0 Å². The lowest BCUT2D eigenvalue weighted by Gasteiger charge is -2.37. The standard InChI is InChI=1S/C20H34N4O3.HI/c1-21-20(22-10-4-5-15-27-17-16-25-2)24-13-11-23(12-14-24)18-6-8-19(26-3)9-7-18;/h6-9H,4-5,10-17H2,1-3H3,(H,21,22);1H. The number of nitrogens with zero attached hydrogens (tertiary/aromatic N) is 3. The molecule has 28 heavy (non-hydrogen) atoms. The molecule has 1 saturated heterocycles. The smallest absolute Gasteiger partial charge is 0.193 e. The topological polar surface area (TPSA) is 58.6 Å². The van der Waals surface area contributed by atoms with Crippen LogP contribution in [-0.2, 0) is 9.47 Å². The molecular formula is C20H35IN4O3. The molecule has 1 heterocycles. The summed E-state index contributed by atoms with van der Waals surface area (Å²) in [5, 5.41) is 3.47. The molecule has 0 spiro atoms. The summed E-state index contributed by atoms with van der Waals surface area (Å²) in [7, 11) is 5.24. The van der Waals surface area contributed by atoms with Gasteiger partial charge in [-0.1, -0.05) is 0 Å². The minimum atomic E-state index is 0. The van der Waals surface area contributed by atoms with Crippen LogP contribution in [0.25, 0.3) is 0 Å². The summed E-state index contributed by atoms with van der Waals surface area (Å²) in [5.41, 5.74) is 1.24. The number of aliphatic imine (C=N–C) groups is 1. The highest BCUT2D eigenvalue weighted by atomic mass is 127.